The van der Waals surface area contributed by atoms with Crippen LogP contribution >= 0.6 is 0 Å². The number of nitrogens with two attached hydrogens (primary N) is 1. The predicted molar refractivity (Wildman–Crippen MR) is 47.2 cm³/mol. The number of amides is 1. The zero-order valence-corrected chi connectivity index (χ0v) is 7.80. The molecule has 0 aliphatic rings. The topological polar surface area (TPSA) is 64.3 Å². The maximum atomic E-state index is 10.2. The number of carbonyl (C=O) groups is 1. The number of hydrogen-bond acceptors (Lipinski definition) is 3. The number of carbonyl (C=O) groups excluding carboxylic acids is 1. The van der Waals surface area contributed by atoms with Crippen LogP contribution in [0.4, 0.5) is 0 Å². The normalized spacial score (nSPS) is 12.8. The lowest BCUT2D eigenvalue weighted by molar-refractivity contribution is -0.125. The lowest BCUT2D eigenvalue weighted by Crippen LogP contribution is -2.27. The molecule has 0 spiro atoms. The van der Waals surface area contributed by atoms with E-state index < -0.39 is 5.91 Å². The van der Waals surface area contributed by atoms with Crippen molar-refractivity contribution >= 4 is 5.91 Å². The van der Waals surface area contributed by atoms with Gasteiger partial charge in [-0.05, 0) is 12.3 Å². The molecule has 1 amide bonds. The minimum atomic E-state index is -0.453. The van der Waals surface area contributed by atoms with Crippen molar-refractivity contribution in [2.45, 2.75) is 26.7 Å². The molecule has 0 rings (SSSR count). The molecule has 72 valence electrons. The van der Waals surface area contributed by atoms with Gasteiger partial charge >= 0.3 is 0 Å². The van der Waals surface area contributed by atoms with Gasteiger partial charge in [-0.15, -0.1) is 0 Å². The van der Waals surface area contributed by atoms with Gasteiger partial charge in [0.15, 0.2) is 0 Å². The molecule has 0 aromatic carbocycles. The van der Waals surface area contributed by atoms with Crippen molar-refractivity contribution in [2.75, 3.05) is 13.2 Å². The van der Waals surface area contributed by atoms with E-state index in [0.717, 1.165) is 13.0 Å². The Morgan fingerprint density at radius 2 is 2.33 bits per heavy atom. The van der Waals surface area contributed by atoms with Crippen LogP contribution in [0.25, 0.3) is 0 Å². The molecular formula is C8H18N2O2. The molecule has 0 heterocycles. The van der Waals surface area contributed by atoms with Gasteiger partial charge in [0.1, 0.15) is 6.61 Å². The number of primary amides is 1. The van der Waals surface area contributed by atoms with Gasteiger partial charge in [0, 0.05) is 6.54 Å². The first kappa shape index (κ1) is 11.4. The third kappa shape index (κ3) is 7.50. The maximum absolute atomic E-state index is 10.2. The molecule has 4 heteroatoms. The fourth-order valence-corrected chi connectivity index (χ4v) is 0.918. The highest BCUT2D eigenvalue weighted by Gasteiger charge is 2.00. The molecule has 3 N–H and O–H groups in total. The molecule has 0 radical (unpaired) electrons. The predicted octanol–water partition coefficient (Wildman–Crippen LogP) is 0.429. The second kappa shape index (κ2) is 7.06. The van der Waals surface area contributed by atoms with Crippen LogP contribution in [0.15, 0.2) is 0 Å². The molecule has 0 aliphatic heterocycles. The van der Waals surface area contributed by atoms with Crippen LogP contribution in [0.2, 0.25) is 0 Å². The average Bonchev–Trinajstić information content (AvgIpc) is 1.98. The molecule has 0 aliphatic carbocycles. The third-order valence-corrected chi connectivity index (χ3v) is 1.53. The summed E-state index contributed by atoms with van der Waals surface area (Å²) in [7, 11) is 0. The Morgan fingerprint density at radius 3 is 2.83 bits per heavy atom. The Morgan fingerprint density at radius 1 is 1.67 bits per heavy atom. The Labute approximate surface area is 73.4 Å². The first-order valence-corrected chi connectivity index (χ1v) is 4.29. The van der Waals surface area contributed by atoms with Crippen molar-refractivity contribution in [3.63, 3.8) is 0 Å². The van der Waals surface area contributed by atoms with Gasteiger partial charge in [-0.2, -0.15) is 0 Å². The highest BCUT2D eigenvalue weighted by atomic mass is 16.6. The molecule has 0 aromatic rings. The molecule has 0 aromatic heterocycles. The highest BCUT2D eigenvalue weighted by molar-refractivity contribution is 5.74. The Kier molecular flexibility index (Phi) is 6.70. The first-order chi connectivity index (χ1) is 5.66. The molecule has 1 unspecified atom stereocenters. The number of hydroxylamine groups is 1. The summed E-state index contributed by atoms with van der Waals surface area (Å²) in [5, 5.41) is 0. The van der Waals surface area contributed by atoms with E-state index in [9.17, 15) is 4.79 Å². The minimum absolute atomic E-state index is 0.0567. The number of nitrogens with one attached hydrogen (secondary N) is 1. The summed E-state index contributed by atoms with van der Waals surface area (Å²) in [6.45, 7) is 4.98. The smallest absolute Gasteiger partial charge is 0.245 e. The first-order valence-electron chi connectivity index (χ1n) is 4.29. The van der Waals surface area contributed by atoms with Gasteiger partial charge in [-0.25, -0.2) is 5.48 Å². The van der Waals surface area contributed by atoms with E-state index in [1.165, 1.54) is 6.42 Å². The summed E-state index contributed by atoms with van der Waals surface area (Å²) >= 11 is 0. The lowest BCUT2D eigenvalue weighted by atomic mass is 10.1. The van der Waals surface area contributed by atoms with Gasteiger partial charge in [-0.3, -0.25) is 9.63 Å². The second-order valence-corrected chi connectivity index (χ2v) is 3.00. The molecule has 0 saturated heterocycles. The van der Waals surface area contributed by atoms with Crippen molar-refractivity contribution in [1.29, 1.82) is 0 Å². The fraction of sp³-hybridized carbons (Fsp3) is 0.875. The van der Waals surface area contributed by atoms with E-state index in [1.807, 2.05) is 0 Å². The summed E-state index contributed by atoms with van der Waals surface area (Å²) in [6, 6.07) is 0. The third-order valence-electron chi connectivity index (χ3n) is 1.53. The van der Waals surface area contributed by atoms with Gasteiger partial charge in [0.25, 0.3) is 0 Å². The molecule has 12 heavy (non-hydrogen) atoms. The molecule has 4 nitrogen and oxygen atoms in total. The van der Waals surface area contributed by atoms with E-state index in [0.29, 0.717) is 5.92 Å². The van der Waals surface area contributed by atoms with Crippen molar-refractivity contribution in [1.82, 2.24) is 5.48 Å². The van der Waals surface area contributed by atoms with Crippen molar-refractivity contribution in [3.05, 3.63) is 0 Å². The highest BCUT2D eigenvalue weighted by Crippen LogP contribution is 2.02. The van der Waals surface area contributed by atoms with Gasteiger partial charge in [0.2, 0.25) is 5.91 Å². The van der Waals surface area contributed by atoms with Crippen LogP contribution < -0.4 is 11.2 Å². The summed E-state index contributed by atoms with van der Waals surface area (Å²) in [5.41, 5.74) is 7.56. The van der Waals surface area contributed by atoms with E-state index in [4.69, 9.17) is 10.6 Å². The van der Waals surface area contributed by atoms with Gasteiger partial charge in [0.05, 0.1) is 0 Å². The fourth-order valence-electron chi connectivity index (χ4n) is 0.918. The quantitative estimate of drug-likeness (QED) is 0.434. The van der Waals surface area contributed by atoms with Crippen LogP contribution in [0.1, 0.15) is 26.7 Å². The zero-order valence-electron chi connectivity index (χ0n) is 7.80. The summed E-state index contributed by atoms with van der Waals surface area (Å²) in [4.78, 5) is 15.0. The van der Waals surface area contributed by atoms with Crippen LogP contribution in [-0.4, -0.2) is 19.1 Å². The molecular weight excluding hydrogens is 156 g/mol. The van der Waals surface area contributed by atoms with Crippen molar-refractivity contribution in [3.8, 4) is 0 Å². The summed E-state index contributed by atoms with van der Waals surface area (Å²) in [5.74, 6) is 0.119. The molecule has 0 saturated carbocycles. The van der Waals surface area contributed by atoms with Crippen LogP contribution in [0.5, 0.6) is 0 Å². The standard InChI is InChI=1S/C8H18N2O2/c1-3-4-7(2)5-10-12-6-8(9)11/h7,10H,3-6H2,1-2H3,(H2,9,11). The SMILES string of the molecule is CCCC(C)CNOCC(N)=O. The summed E-state index contributed by atoms with van der Waals surface area (Å²) < 4.78 is 0. The minimum Gasteiger partial charge on any atom is -0.368 e. The Bertz CT molecular complexity index is 128. The van der Waals surface area contributed by atoms with Gasteiger partial charge in [-0.1, -0.05) is 20.3 Å². The van der Waals surface area contributed by atoms with E-state index in [2.05, 4.69) is 19.3 Å². The lowest BCUT2D eigenvalue weighted by Gasteiger charge is -2.10. The van der Waals surface area contributed by atoms with Gasteiger partial charge < -0.3 is 5.73 Å². The maximum Gasteiger partial charge on any atom is 0.245 e. The molecule has 1 atom stereocenters. The van der Waals surface area contributed by atoms with E-state index in [1.54, 1.807) is 0 Å². The number of hydrogen-bond donors (Lipinski definition) is 2. The van der Waals surface area contributed by atoms with Crippen molar-refractivity contribution < 1.29 is 9.63 Å². The number of rotatable bonds is 7. The zero-order chi connectivity index (χ0) is 9.40. The molecule has 0 fully saturated rings. The largest absolute Gasteiger partial charge is 0.368 e. The summed E-state index contributed by atoms with van der Waals surface area (Å²) in [6.07, 6.45) is 2.32. The van der Waals surface area contributed by atoms with Crippen LogP contribution in [0, 0.1) is 5.92 Å². The average molecular weight is 174 g/mol. The monoisotopic (exact) mass is 174 g/mol. The molecule has 0 bridgehead atoms. The second-order valence-electron chi connectivity index (χ2n) is 3.00. The van der Waals surface area contributed by atoms with Crippen LogP contribution in [-0.2, 0) is 9.63 Å². The Hall–Kier alpha value is -0.610. The van der Waals surface area contributed by atoms with Crippen molar-refractivity contribution in [2.24, 2.45) is 11.7 Å². The van der Waals surface area contributed by atoms with E-state index >= 15 is 0 Å². The van der Waals surface area contributed by atoms with Crippen LogP contribution in [0.3, 0.4) is 0 Å². The van der Waals surface area contributed by atoms with E-state index in [-0.39, 0.29) is 6.61 Å². The Balaban J connectivity index is 3.13.